The molecule has 0 aromatic rings. The summed E-state index contributed by atoms with van der Waals surface area (Å²) < 4.78 is 34.4. The van der Waals surface area contributed by atoms with E-state index < -0.39 is 34.8 Å². The smallest absolute Gasteiger partial charge is 0.323 e. The first-order chi connectivity index (χ1) is 21.7. The second-order valence-electron chi connectivity index (χ2n) is 14.6. The summed E-state index contributed by atoms with van der Waals surface area (Å²) in [7, 11) is 0. The third-order valence-corrected chi connectivity index (χ3v) is 6.55. The van der Waals surface area contributed by atoms with Gasteiger partial charge in [-0.3, -0.25) is 33.9 Å². The third-order valence-electron chi connectivity index (χ3n) is 6.55. The number of carbonyl (C=O) groups is 4. The molecule has 1 fully saturated rings. The van der Waals surface area contributed by atoms with Gasteiger partial charge in [0.15, 0.2) is 0 Å². The molecule has 1 atom stereocenters. The van der Waals surface area contributed by atoms with Crippen LogP contribution >= 0.6 is 0 Å². The van der Waals surface area contributed by atoms with Gasteiger partial charge in [-0.2, -0.15) is 0 Å². The SMILES string of the molecule is CC(C)(C)OC(=O)CN1CCOCCN(CC(=O)OC(C)(C)C)CCOCCN(C(CCC(=O)O)C(=O)OC(C)(C)C)CCOCC1. The third kappa shape index (κ3) is 22.8. The highest BCUT2D eigenvalue weighted by molar-refractivity contribution is 5.77. The lowest BCUT2D eigenvalue weighted by Gasteiger charge is -2.32. The number of hydrogen-bond acceptors (Lipinski definition) is 13. The summed E-state index contributed by atoms with van der Waals surface area (Å²) >= 11 is 0. The first-order valence-electron chi connectivity index (χ1n) is 16.5. The Morgan fingerprint density at radius 3 is 1.26 bits per heavy atom. The number of carboxylic acid groups (broad SMARTS) is 1. The van der Waals surface area contributed by atoms with Crippen LogP contribution in [0, 0.1) is 0 Å². The van der Waals surface area contributed by atoms with Gasteiger partial charge in [0.25, 0.3) is 0 Å². The van der Waals surface area contributed by atoms with Crippen LogP contribution in [-0.2, 0) is 47.6 Å². The number of carbonyl (C=O) groups excluding carboxylic acids is 3. The van der Waals surface area contributed by atoms with Gasteiger partial charge in [-0.1, -0.05) is 0 Å². The Hall–Kier alpha value is -2.36. The number of hydrogen-bond donors (Lipinski definition) is 1. The average Bonchev–Trinajstić information content (AvgIpc) is 2.87. The van der Waals surface area contributed by atoms with Gasteiger partial charge in [-0.15, -0.1) is 0 Å². The van der Waals surface area contributed by atoms with Crippen molar-refractivity contribution in [3.05, 3.63) is 0 Å². The number of aliphatic carboxylic acids is 1. The molecule has 14 nitrogen and oxygen atoms in total. The summed E-state index contributed by atoms with van der Waals surface area (Å²) in [6, 6.07) is -0.812. The highest BCUT2D eigenvalue weighted by Gasteiger charge is 2.31. The van der Waals surface area contributed by atoms with E-state index in [1.165, 1.54) is 0 Å². The first-order valence-corrected chi connectivity index (χ1v) is 16.5. The zero-order valence-electron chi connectivity index (χ0n) is 30.3. The van der Waals surface area contributed by atoms with Crippen molar-refractivity contribution in [1.29, 1.82) is 0 Å². The summed E-state index contributed by atoms with van der Waals surface area (Å²) in [6.07, 6.45) is -0.138. The fraction of sp³-hybridized carbons (Fsp3) is 0.879. The molecule has 1 unspecified atom stereocenters. The predicted octanol–water partition coefficient (Wildman–Crippen LogP) is 2.21. The summed E-state index contributed by atoms with van der Waals surface area (Å²) in [5.74, 6) is -2.22. The van der Waals surface area contributed by atoms with E-state index in [1.54, 1.807) is 20.8 Å². The highest BCUT2D eigenvalue weighted by atomic mass is 16.6. The van der Waals surface area contributed by atoms with Gasteiger partial charge in [-0.25, -0.2) is 0 Å². The molecule has 0 saturated carbocycles. The number of nitrogens with zero attached hydrogens (tertiary/aromatic N) is 3. The van der Waals surface area contributed by atoms with E-state index in [-0.39, 0.29) is 51.1 Å². The molecule has 0 aliphatic carbocycles. The normalized spacial score (nSPS) is 19.2. The van der Waals surface area contributed by atoms with E-state index in [0.29, 0.717) is 65.7 Å². The van der Waals surface area contributed by atoms with Crippen LogP contribution < -0.4 is 0 Å². The lowest BCUT2D eigenvalue weighted by atomic mass is 10.1. The summed E-state index contributed by atoms with van der Waals surface area (Å²) in [5, 5.41) is 9.37. The fourth-order valence-corrected chi connectivity index (χ4v) is 4.60. The Morgan fingerprint density at radius 2 is 0.936 bits per heavy atom. The van der Waals surface area contributed by atoms with Gasteiger partial charge in [-0.05, 0) is 68.7 Å². The van der Waals surface area contributed by atoms with Crippen molar-refractivity contribution < 1.29 is 52.7 Å². The van der Waals surface area contributed by atoms with Gasteiger partial charge in [0.2, 0.25) is 0 Å². The molecular formula is C33H61N3O11. The predicted molar refractivity (Wildman–Crippen MR) is 175 cm³/mol. The number of esters is 3. The van der Waals surface area contributed by atoms with Gasteiger partial charge >= 0.3 is 23.9 Å². The van der Waals surface area contributed by atoms with Crippen LogP contribution in [0.2, 0.25) is 0 Å². The minimum atomic E-state index is -1.01. The van der Waals surface area contributed by atoms with Crippen molar-refractivity contribution in [1.82, 2.24) is 14.7 Å². The monoisotopic (exact) mass is 675 g/mol. The standard InChI is InChI=1S/C33H61N3O11/c1-31(2,3)45-28(39)24-34-12-18-42-19-13-35(25-29(40)46-32(4,5)6)15-21-44-23-17-36(16-22-43-20-14-34)26(10-11-27(37)38)30(41)47-33(7,8)9/h26H,10-25H2,1-9H3,(H,37,38). The first kappa shape index (κ1) is 42.7. The van der Waals surface area contributed by atoms with Crippen LogP contribution in [0.5, 0.6) is 0 Å². The number of carboxylic acids is 1. The number of rotatable bonds is 9. The largest absolute Gasteiger partial charge is 0.481 e. The molecular weight excluding hydrogens is 614 g/mol. The van der Waals surface area contributed by atoms with Crippen LogP contribution in [-0.4, -0.2) is 159 Å². The topological polar surface area (TPSA) is 154 Å². The summed E-state index contributed by atoms with van der Waals surface area (Å²) in [6.45, 7) is 20.6. The van der Waals surface area contributed by atoms with Crippen molar-refractivity contribution in [3.63, 3.8) is 0 Å². The molecule has 1 aliphatic heterocycles. The second kappa shape index (κ2) is 20.9. The van der Waals surface area contributed by atoms with E-state index in [9.17, 15) is 24.3 Å². The molecule has 1 aliphatic rings. The fourth-order valence-electron chi connectivity index (χ4n) is 4.60. The molecule has 1 saturated heterocycles. The summed E-state index contributed by atoms with van der Waals surface area (Å²) in [5.41, 5.74) is -1.98. The summed E-state index contributed by atoms with van der Waals surface area (Å²) in [4.78, 5) is 55.5. The molecule has 0 bridgehead atoms. The molecule has 274 valence electrons. The molecule has 0 radical (unpaired) electrons. The minimum absolute atomic E-state index is 0.0636. The molecule has 0 spiro atoms. The second-order valence-corrected chi connectivity index (χ2v) is 14.6. The highest BCUT2D eigenvalue weighted by Crippen LogP contribution is 2.16. The molecule has 47 heavy (non-hydrogen) atoms. The maximum absolute atomic E-state index is 13.2. The van der Waals surface area contributed by atoms with Crippen molar-refractivity contribution in [2.45, 2.75) is 98.0 Å². The van der Waals surface area contributed by atoms with Gasteiger partial charge in [0, 0.05) is 45.7 Å². The van der Waals surface area contributed by atoms with Gasteiger partial charge in [0.05, 0.1) is 52.7 Å². The Balaban J connectivity index is 3.11. The Morgan fingerprint density at radius 1 is 0.596 bits per heavy atom. The van der Waals surface area contributed by atoms with Gasteiger partial charge in [0.1, 0.15) is 22.8 Å². The van der Waals surface area contributed by atoms with Crippen molar-refractivity contribution in [2.75, 3.05) is 92.0 Å². The maximum Gasteiger partial charge on any atom is 0.323 e. The Bertz CT molecular complexity index is 907. The molecule has 0 amide bonds. The lowest BCUT2D eigenvalue weighted by molar-refractivity contribution is -0.162. The average molecular weight is 676 g/mol. The minimum Gasteiger partial charge on any atom is -0.481 e. The Kier molecular flexibility index (Phi) is 19.0. The van der Waals surface area contributed by atoms with E-state index in [2.05, 4.69) is 0 Å². The van der Waals surface area contributed by atoms with Crippen LogP contribution in [0.25, 0.3) is 0 Å². The number of ether oxygens (including phenoxy) is 6. The van der Waals surface area contributed by atoms with E-state index >= 15 is 0 Å². The molecule has 0 aromatic heterocycles. The zero-order valence-corrected chi connectivity index (χ0v) is 30.3. The maximum atomic E-state index is 13.2. The van der Waals surface area contributed by atoms with Gasteiger partial charge < -0.3 is 33.5 Å². The molecule has 1 N–H and O–H groups in total. The quantitative estimate of drug-likeness (QED) is 0.281. The van der Waals surface area contributed by atoms with Crippen molar-refractivity contribution >= 4 is 23.9 Å². The molecule has 1 rings (SSSR count). The van der Waals surface area contributed by atoms with Crippen LogP contribution in [0.15, 0.2) is 0 Å². The Labute approximate surface area is 281 Å². The van der Waals surface area contributed by atoms with Crippen molar-refractivity contribution in [3.8, 4) is 0 Å². The van der Waals surface area contributed by atoms with E-state index in [4.69, 9.17) is 28.4 Å². The van der Waals surface area contributed by atoms with Crippen LogP contribution in [0.3, 0.4) is 0 Å². The molecule has 0 aromatic carbocycles. The van der Waals surface area contributed by atoms with E-state index in [0.717, 1.165) is 0 Å². The van der Waals surface area contributed by atoms with Crippen molar-refractivity contribution in [2.24, 2.45) is 0 Å². The van der Waals surface area contributed by atoms with E-state index in [1.807, 2.05) is 56.2 Å². The van der Waals surface area contributed by atoms with Crippen LogP contribution in [0.1, 0.15) is 75.2 Å². The van der Waals surface area contributed by atoms with Crippen LogP contribution in [0.4, 0.5) is 0 Å². The zero-order chi connectivity index (χ0) is 35.7. The lowest BCUT2D eigenvalue weighted by Crippen LogP contribution is -2.47. The molecule has 1 heterocycles. The molecule has 14 heteroatoms.